The Kier molecular flexibility index (Phi) is 8.96. The predicted octanol–water partition coefficient (Wildman–Crippen LogP) is 3.42. The molecule has 10 nitrogen and oxygen atoms in total. The number of carbonyl (C=O) groups excluding carboxylic acids is 1. The highest BCUT2D eigenvalue weighted by molar-refractivity contribution is 7.91. The molecule has 2 aromatic rings. The number of aromatic nitrogens is 2. The van der Waals surface area contributed by atoms with Crippen LogP contribution in [0.25, 0.3) is 11.3 Å². The van der Waals surface area contributed by atoms with Crippen molar-refractivity contribution in [1.29, 1.82) is 0 Å². The van der Waals surface area contributed by atoms with Gasteiger partial charge in [0.05, 0.1) is 33.4 Å². The molecule has 0 radical (unpaired) electrons. The van der Waals surface area contributed by atoms with E-state index in [4.69, 9.17) is 11.6 Å². The van der Waals surface area contributed by atoms with Crippen molar-refractivity contribution >= 4 is 49.0 Å². The van der Waals surface area contributed by atoms with Crippen molar-refractivity contribution in [2.45, 2.75) is 44.8 Å². The molecule has 38 heavy (non-hydrogen) atoms. The van der Waals surface area contributed by atoms with Crippen LogP contribution < -0.4 is 10.6 Å². The fraction of sp³-hybridized carbons (Fsp3) is 0.560. The second kappa shape index (κ2) is 11.8. The molecule has 0 saturated carbocycles. The van der Waals surface area contributed by atoms with E-state index in [1.165, 1.54) is 10.5 Å². The summed E-state index contributed by atoms with van der Waals surface area (Å²) in [5, 5.41) is 5.95. The lowest BCUT2D eigenvalue weighted by atomic mass is 9.99. The minimum atomic E-state index is -3.43. The Balaban J connectivity index is 1.42. The molecule has 0 bridgehead atoms. The Hall–Kier alpha value is -2.28. The number of piperidine rings is 1. The minimum Gasteiger partial charge on any atom is -0.370 e. The summed E-state index contributed by atoms with van der Waals surface area (Å²) in [7, 11) is -6.33. The van der Waals surface area contributed by atoms with E-state index in [0.717, 1.165) is 0 Å². The highest BCUT2D eigenvalue weighted by atomic mass is 35.5. The van der Waals surface area contributed by atoms with Crippen LogP contribution in [-0.4, -0.2) is 73.4 Å². The Morgan fingerprint density at radius 2 is 1.92 bits per heavy atom. The lowest BCUT2D eigenvalue weighted by molar-refractivity contribution is -0.120. The van der Waals surface area contributed by atoms with Gasteiger partial charge in [0, 0.05) is 31.4 Å². The maximum Gasteiger partial charge on any atom is 0.229 e. The number of sulfonamides is 1. The van der Waals surface area contributed by atoms with E-state index in [2.05, 4.69) is 20.6 Å². The van der Waals surface area contributed by atoms with E-state index in [0.29, 0.717) is 66.7 Å². The Morgan fingerprint density at radius 3 is 2.63 bits per heavy atom. The summed E-state index contributed by atoms with van der Waals surface area (Å²) in [6, 6.07) is 7.14. The SMILES string of the molecule is CC(C)S(=O)(=O)N1CCC[C@H](C(=O)Nc2cc(-c3cccc(NCC4CCS(=O)(=O)CC4)n3)c(Cl)cn2)C1. The molecule has 2 saturated heterocycles. The Labute approximate surface area is 229 Å². The molecule has 0 aromatic carbocycles. The smallest absolute Gasteiger partial charge is 0.229 e. The molecule has 1 amide bonds. The summed E-state index contributed by atoms with van der Waals surface area (Å²) >= 11 is 6.43. The average molecular weight is 584 g/mol. The van der Waals surface area contributed by atoms with Crippen LogP contribution in [0.2, 0.25) is 5.02 Å². The minimum absolute atomic E-state index is 0.148. The lowest BCUT2D eigenvalue weighted by Gasteiger charge is -2.32. The first kappa shape index (κ1) is 28.7. The topological polar surface area (TPSA) is 138 Å². The van der Waals surface area contributed by atoms with Gasteiger partial charge in [-0.1, -0.05) is 17.7 Å². The number of rotatable bonds is 8. The van der Waals surface area contributed by atoms with Crippen LogP contribution in [0, 0.1) is 11.8 Å². The number of nitrogens with one attached hydrogen (secondary N) is 2. The van der Waals surface area contributed by atoms with Gasteiger partial charge in [-0.25, -0.2) is 31.1 Å². The molecule has 4 heterocycles. The molecule has 0 spiro atoms. The van der Waals surface area contributed by atoms with Gasteiger partial charge in [0.15, 0.2) is 0 Å². The number of anilines is 2. The van der Waals surface area contributed by atoms with Gasteiger partial charge in [-0.2, -0.15) is 0 Å². The number of amides is 1. The number of nitrogens with zero attached hydrogens (tertiary/aromatic N) is 3. The maximum absolute atomic E-state index is 13.0. The summed E-state index contributed by atoms with van der Waals surface area (Å²) < 4.78 is 49.9. The molecule has 13 heteroatoms. The van der Waals surface area contributed by atoms with E-state index in [-0.39, 0.29) is 29.9 Å². The van der Waals surface area contributed by atoms with Crippen molar-refractivity contribution in [3.05, 3.63) is 35.5 Å². The summed E-state index contributed by atoms with van der Waals surface area (Å²) in [4.78, 5) is 21.9. The van der Waals surface area contributed by atoms with Gasteiger partial charge in [0.25, 0.3) is 0 Å². The molecular weight excluding hydrogens is 550 g/mol. The van der Waals surface area contributed by atoms with Crippen LogP contribution in [0.1, 0.15) is 39.5 Å². The number of hydrogen-bond donors (Lipinski definition) is 2. The van der Waals surface area contributed by atoms with E-state index in [9.17, 15) is 21.6 Å². The van der Waals surface area contributed by atoms with Crippen molar-refractivity contribution in [2.24, 2.45) is 11.8 Å². The van der Waals surface area contributed by atoms with Gasteiger partial charge >= 0.3 is 0 Å². The normalized spacial score (nSPS) is 20.8. The third-order valence-corrected chi connectivity index (χ3v) is 11.3. The highest BCUT2D eigenvalue weighted by Gasteiger charge is 2.34. The molecule has 1 atom stereocenters. The lowest BCUT2D eigenvalue weighted by Crippen LogP contribution is -2.46. The van der Waals surface area contributed by atoms with Crippen LogP contribution >= 0.6 is 11.6 Å². The zero-order chi connectivity index (χ0) is 27.5. The molecule has 4 rings (SSSR count). The van der Waals surface area contributed by atoms with Crippen LogP contribution in [0.5, 0.6) is 0 Å². The highest BCUT2D eigenvalue weighted by Crippen LogP contribution is 2.30. The monoisotopic (exact) mass is 583 g/mol. The standard InChI is InChI=1S/C25H34ClN5O5S2/c1-17(2)38(35,36)31-10-4-5-19(16-31)25(32)30-24-13-20(21(26)15-28-24)22-6-3-7-23(29-22)27-14-18-8-11-37(33,34)12-9-18/h3,6-7,13,15,17-19H,4-5,8-12,14,16H2,1-2H3,(H,27,29)(H,28,30,32)/t19-/m0/s1. The number of carbonyl (C=O) groups is 1. The molecular formula is C25H34ClN5O5S2. The van der Waals surface area contributed by atoms with Crippen LogP contribution in [0.3, 0.4) is 0 Å². The fourth-order valence-electron chi connectivity index (χ4n) is 4.69. The average Bonchev–Trinajstić information content (AvgIpc) is 2.89. The third-order valence-electron chi connectivity index (χ3n) is 7.09. The largest absolute Gasteiger partial charge is 0.370 e. The van der Waals surface area contributed by atoms with Crippen molar-refractivity contribution in [3.63, 3.8) is 0 Å². The first-order valence-corrected chi connectivity index (χ1v) is 16.5. The number of sulfone groups is 1. The second-order valence-electron chi connectivity index (χ2n) is 10.2. The Morgan fingerprint density at radius 1 is 1.18 bits per heavy atom. The zero-order valence-corrected chi connectivity index (χ0v) is 23.9. The van der Waals surface area contributed by atoms with Crippen LogP contribution in [0.4, 0.5) is 11.6 Å². The summed E-state index contributed by atoms with van der Waals surface area (Å²) in [6.45, 7) is 4.47. The number of pyridine rings is 2. The van der Waals surface area contributed by atoms with Gasteiger partial charge in [0.2, 0.25) is 15.9 Å². The van der Waals surface area contributed by atoms with Gasteiger partial charge < -0.3 is 10.6 Å². The molecule has 2 N–H and O–H groups in total. The second-order valence-corrected chi connectivity index (χ2v) is 15.4. The van der Waals surface area contributed by atoms with Gasteiger partial charge in [-0.15, -0.1) is 0 Å². The number of halogens is 1. The van der Waals surface area contributed by atoms with Crippen LogP contribution in [0.15, 0.2) is 30.5 Å². The first-order chi connectivity index (χ1) is 17.9. The van der Waals surface area contributed by atoms with E-state index in [1.807, 2.05) is 12.1 Å². The van der Waals surface area contributed by atoms with Crippen molar-refractivity contribution in [2.75, 3.05) is 41.8 Å². The van der Waals surface area contributed by atoms with Gasteiger partial charge in [-0.3, -0.25) is 4.79 Å². The molecule has 2 aliphatic rings. The maximum atomic E-state index is 13.0. The molecule has 2 aromatic heterocycles. The van der Waals surface area contributed by atoms with E-state index < -0.39 is 31.0 Å². The van der Waals surface area contributed by atoms with Crippen molar-refractivity contribution in [3.8, 4) is 11.3 Å². The summed E-state index contributed by atoms with van der Waals surface area (Å²) in [5.41, 5.74) is 1.19. The third kappa shape index (κ3) is 7.02. The van der Waals surface area contributed by atoms with Crippen molar-refractivity contribution < 1.29 is 21.6 Å². The van der Waals surface area contributed by atoms with Gasteiger partial charge in [0.1, 0.15) is 21.5 Å². The molecule has 0 aliphatic carbocycles. The Bertz CT molecular complexity index is 1370. The van der Waals surface area contributed by atoms with E-state index >= 15 is 0 Å². The fourth-order valence-corrected chi connectivity index (χ4v) is 7.85. The zero-order valence-electron chi connectivity index (χ0n) is 21.6. The quantitative estimate of drug-likeness (QED) is 0.482. The first-order valence-electron chi connectivity index (χ1n) is 12.8. The molecule has 2 aliphatic heterocycles. The predicted molar refractivity (Wildman–Crippen MR) is 149 cm³/mol. The van der Waals surface area contributed by atoms with Gasteiger partial charge in [-0.05, 0) is 63.6 Å². The number of hydrogen-bond acceptors (Lipinski definition) is 8. The molecule has 2 fully saturated rings. The van der Waals surface area contributed by atoms with Crippen LogP contribution in [-0.2, 0) is 24.7 Å². The van der Waals surface area contributed by atoms with E-state index in [1.54, 1.807) is 26.0 Å². The molecule has 208 valence electrons. The van der Waals surface area contributed by atoms with Crippen molar-refractivity contribution in [1.82, 2.24) is 14.3 Å². The summed E-state index contributed by atoms with van der Waals surface area (Å²) in [5.74, 6) is 0.901. The summed E-state index contributed by atoms with van der Waals surface area (Å²) in [6.07, 6.45) is 3.93. The molecule has 0 unspecified atom stereocenters.